The van der Waals surface area contributed by atoms with Crippen LogP contribution in [-0.2, 0) is 0 Å². The number of carbonyl (C=O) groups is 1. The molecule has 3 aromatic carbocycles. The summed E-state index contributed by atoms with van der Waals surface area (Å²) in [4.78, 5) is 29.4. The van der Waals surface area contributed by atoms with Crippen molar-refractivity contribution in [3.05, 3.63) is 112 Å². The van der Waals surface area contributed by atoms with Crippen LogP contribution in [0.2, 0.25) is 5.02 Å². The van der Waals surface area contributed by atoms with Crippen molar-refractivity contribution in [2.75, 3.05) is 5.32 Å². The Morgan fingerprint density at radius 3 is 2.42 bits per heavy atom. The topological polar surface area (TPSA) is 87.7 Å². The predicted octanol–water partition coefficient (Wildman–Crippen LogP) is 5.56. The Morgan fingerprint density at radius 1 is 0.818 bits per heavy atom. The lowest BCUT2D eigenvalue weighted by molar-refractivity contribution is 0.102. The number of aromatic nitrogens is 3. The molecule has 0 saturated carbocycles. The lowest BCUT2D eigenvalue weighted by Crippen LogP contribution is -2.13. The number of halogens is 1. The van der Waals surface area contributed by atoms with Crippen molar-refractivity contribution in [2.45, 2.75) is 0 Å². The Balaban J connectivity index is 1.52. The first-order valence-electron chi connectivity index (χ1n) is 10.2. The van der Waals surface area contributed by atoms with Gasteiger partial charge in [0, 0.05) is 33.3 Å². The zero-order valence-electron chi connectivity index (χ0n) is 17.2. The summed E-state index contributed by atoms with van der Waals surface area (Å²) >= 11 is 6.02. The number of pyridine rings is 1. The monoisotopic (exact) mass is 452 g/mol. The van der Waals surface area contributed by atoms with Crippen LogP contribution in [0.4, 0.5) is 5.69 Å². The fourth-order valence-corrected chi connectivity index (χ4v) is 3.72. The second-order valence-corrected chi connectivity index (χ2v) is 7.86. The second kappa shape index (κ2) is 8.68. The number of amides is 1. The van der Waals surface area contributed by atoms with Crippen LogP contribution in [0.1, 0.15) is 10.4 Å². The van der Waals surface area contributed by atoms with E-state index in [1.807, 2.05) is 54.6 Å². The minimum atomic E-state index is -0.274. The van der Waals surface area contributed by atoms with E-state index in [4.69, 9.17) is 16.6 Å². The van der Waals surface area contributed by atoms with Crippen LogP contribution in [0, 0.1) is 0 Å². The molecule has 0 fully saturated rings. The zero-order chi connectivity index (χ0) is 22.8. The third kappa shape index (κ3) is 4.37. The highest BCUT2D eigenvalue weighted by Gasteiger charge is 2.15. The molecule has 7 heteroatoms. The fraction of sp³-hybridized carbons (Fsp3) is 0. The number of aromatic amines is 1. The van der Waals surface area contributed by atoms with Crippen LogP contribution in [0.3, 0.4) is 0 Å². The molecule has 33 heavy (non-hydrogen) atoms. The Labute approximate surface area is 193 Å². The van der Waals surface area contributed by atoms with E-state index in [0.29, 0.717) is 27.7 Å². The molecule has 1 amide bonds. The van der Waals surface area contributed by atoms with E-state index in [9.17, 15) is 9.59 Å². The summed E-state index contributed by atoms with van der Waals surface area (Å²) in [7, 11) is 0. The summed E-state index contributed by atoms with van der Waals surface area (Å²) in [5.74, 6) is -0.254. The molecule has 0 aliphatic heterocycles. The largest absolute Gasteiger partial charge is 0.322 e. The number of hydrogen-bond donors (Lipinski definition) is 2. The van der Waals surface area contributed by atoms with E-state index >= 15 is 0 Å². The fourth-order valence-electron chi connectivity index (χ4n) is 3.59. The molecule has 6 nitrogen and oxygen atoms in total. The molecule has 0 aliphatic carbocycles. The molecule has 0 saturated heterocycles. The van der Waals surface area contributed by atoms with Crippen molar-refractivity contribution >= 4 is 34.1 Å². The van der Waals surface area contributed by atoms with Crippen molar-refractivity contribution < 1.29 is 4.79 Å². The summed E-state index contributed by atoms with van der Waals surface area (Å²) in [5.41, 5.74) is 4.49. The summed E-state index contributed by atoms with van der Waals surface area (Å²) in [6.45, 7) is 0. The average Bonchev–Trinajstić information content (AvgIpc) is 2.84. The predicted molar refractivity (Wildman–Crippen MR) is 130 cm³/mol. The number of hydrogen-bond acceptors (Lipinski definition) is 4. The van der Waals surface area contributed by atoms with E-state index < -0.39 is 0 Å². The molecule has 0 spiro atoms. The molecule has 0 aliphatic rings. The van der Waals surface area contributed by atoms with Crippen LogP contribution < -0.4 is 10.9 Å². The van der Waals surface area contributed by atoms with Gasteiger partial charge in [0.2, 0.25) is 0 Å². The molecule has 0 radical (unpaired) electrons. The number of carbonyl (C=O) groups excluding carboxylic acids is 1. The Hall–Kier alpha value is -4.29. The Morgan fingerprint density at radius 2 is 1.64 bits per heavy atom. The van der Waals surface area contributed by atoms with Crippen molar-refractivity contribution in [3.63, 3.8) is 0 Å². The maximum Gasteiger partial charge on any atom is 0.264 e. The highest BCUT2D eigenvalue weighted by atomic mass is 35.5. The van der Waals surface area contributed by atoms with Crippen LogP contribution in [0.5, 0.6) is 0 Å². The molecule has 2 N–H and O–H groups in total. The van der Waals surface area contributed by atoms with Gasteiger partial charge in [0.05, 0.1) is 22.5 Å². The van der Waals surface area contributed by atoms with Crippen molar-refractivity contribution in [3.8, 4) is 22.5 Å². The first-order chi connectivity index (χ1) is 16.1. The van der Waals surface area contributed by atoms with Gasteiger partial charge in [0.25, 0.3) is 11.5 Å². The van der Waals surface area contributed by atoms with Crippen LogP contribution in [-0.4, -0.2) is 21.1 Å². The number of nitrogens with zero attached hydrogens (tertiary/aromatic N) is 2. The molecule has 2 heterocycles. The summed E-state index contributed by atoms with van der Waals surface area (Å²) in [6, 6.07) is 27.0. The van der Waals surface area contributed by atoms with E-state index in [1.54, 1.807) is 30.3 Å². The number of benzene rings is 3. The van der Waals surface area contributed by atoms with E-state index in [1.165, 1.54) is 6.07 Å². The van der Waals surface area contributed by atoms with Gasteiger partial charge in [-0.1, -0.05) is 54.1 Å². The van der Waals surface area contributed by atoms with Gasteiger partial charge in [-0.25, -0.2) is 10.1 Å². The number of rotatable bonds is 4. The first kappa shape index (κ1) is 20.6. The van der Waals surface area contributed by atoms with Crippen LogP contribution in [0.25, 0.3) is 33.4 Å². The van der Waals surface area contributed by atoms with Gasteiger partial charge in [-0.3, -0.25) is 9.59 Å². The molecule has 160 valence electrons. The number of fused-ring (bicyclic) bond motifs is 1. The van der Waals surface area contributed by atoms with Gasteiger partial charge in [-0.15, -0.1) is 0 Å². The van der Waals surface area contributed by atoms with Crippen molar-refractivity contribution in [2.24, 2.45) is 0 Å². The lowest BCUT2D eigenvalue weighted by atomic mass is 10.0. The van der Waals surface area contributed by atoms with E-state index in [2.05, 4.69) is 15.5 Å². The molecule has 0 atom stereocenters. The highest BCUT2D eigenvalue weighted by Crippen LogP contribution is 2.27. The van der Waals surface area contributed by atoms with Gasteiger partial charge in [0.1, 0.15) is 0 Å². The second-order valence-electron chi connectivity index (χ2n) is 7.42. The number of H-pyrrole nitrogens is 1. The van der Waals surface area contributed by atoms with E-state index in [0.717, 1.165) is 22.0 Å². The molecule has 2 aromatic heterocycles. The third-order valence-electron chi connectivity index (χ3n) is 5.20. The standard InChI is InChI=1S/C26H17ClN4O2/c27-18-10-8-16(9-11-18)24-15-21(20-6-1-2-7-23(20)29-24)26(33)28-19-5-3-4-17(14-19)22-12-13-25(32)31-30-22/h1-15H,(H,28,33)(H,31,32). The Bertz CT molecular complexity index is 1520. The molecule has 5 rings (SSSR count). The minimum absolute atomic E-state index is 0.254. The van der Waals surface area contributed by atoms with Crippen molar-refractivity contribution in [1.29, 1.82) is 0 Å². The van der Waals surface area contributed by atoms with Gasteiger partial charge >= 0.3 is 0 Å². The minimum Gasteiger partial charge on any atom is -0.322 e. The molecule has 0 unspecified atom stereocenters. The summed E-state index contributed by atoms with van der Waals surface area (Å²) < 4.78 is 0. The number of para-hydroxylation sites is 1. The lowest BCUT2D eigenvalue weighted by Gasteiger charge is -2.11. The molecule has 0 bridgehead atoms. The molecular formula is C26H17ClN4O2. The third-order valence-corrected chi connectivity index (χ3v) is 5.45. The SMILES string of the molecule is O=C(Nc1cccc(-c2ccc(=O)[nH]n2)c1)c1cc(-c2ccc(Cl)cc2)nc2ccccc12. The van der Waals surface area contributed by atoms with Gasteiger partial charge < -0.3 is 5.32 Å². The van der Waals surface area contributed by atoms with Crippen LogP contribution >= 0.6 is 11.6 Å². The maximum atomic E-state index is 13.3. The van der Waals surface area contributed by atoms with Gasteiger partial charge in [-0.2, -0.15) is 5.10 Å². The quantitative estimate of drug-likeness (QED) is 0.374. The zero-order valence-corrected chi connectivity index (χ0v) is 18.0. The van der Waals surface area contributed by atoms with Gasteiger partial charge in [-0.05, 0) is 42.5 Å². The first-order valence-corrected chi connectivity index (χ1v) is 10.6. The Kier molecular flexibility index (Phi) is 5.42. The number of nitrogens with one attached hydrogen (secondary N) is 2. The van der Waals surface area contributed by atoms with Crippen molar-refractivity contribution in [1.82, 2.24) is 15.2 Å². The molecule has 5 aromatic rings. The average molecular weight is 453 g/mol. The van der Waals surface area contributed by atoms with Crippen LogP contribution in [0.15, 0.2) is 95.8 Å². The van der Waals surface area contributed by atoms with E-state index in [-0.39, 0.29) is 11.5 Å². The number of anilines is 1. The summed E-state index contributed by atoms with van der Waals surface area (Å²) in [6.07, 6.45) is 0. The maximum absolute atomic E-state index is 13.3. The smallest absolute Gasteiger partial charge is 0.264 e. The normalized spacial score (nSPS) is 10.8. The molecular weight excluding hydrogens is 436 g/mol. The van der Waals surface area contributed by atoms with Gasteiger partial charge in [0.15, 0.2) is 0 Å². The summed E-state index contributed by atoms with van der Waals surface area (Å²) in [5, 5.41) is 10.8. The highest BCUT2D eigenvalue weighted by molar-refractivity contribution is 6.30.